The van der Waals surface area contributed by atoms with Gasteiger partial charge in [0.15, 0.2) is 0 Å². The Hall–Kier alpha value is -3.22. The van der Waals surface area contributed by atoms with Crippen LogP contribution in [0.5, 0.6) is 0 Å². The highest BCUT2D eigenvalue weighted by Gasteiger charge is 2.16. The van der Waals surface area contributed by atoms with Crippen molar-refractivity contribution in [3.63, 3.8) is 0 Å². The second-order valence-corrected chi connectivity index (χ2v) is 6.07. The van der Waals surface area contributed by atoms with E-state index in [-0.39, 0.29) is 30.5 Å². The third kappa shape index (κ3) is 5.91. The van der Waals surface area contributed by atoms with Crippen molar-refractivity contribution in [1.29, 1.82) is 0 Å². The molecule has 1 atom stereocenters. The average Bonchev–Trinajstić information content (AvgIpc) is 2.67. The Labute approximate surface area is 157 Å². The van der Waals surface area contributed by atoms with E-state index in [4.69, 9.17) is 0 Å². The molecule has 2 aromatic rings. The van der Waals surface area contributed by atoms with Gasteiger partial charge in [0.25, 0.3) is 11.8 Å². The van der Waals surface area contributed by atoms with Crippen LogP contribution in [-0.2, 0) is 4.79 Å². The van der Waals surface area contributed by atoms with E-state index < -0.39 is 17.8 Å². The number of aryl methyl sites for hydroxylation is 1. The summed E-state index contributed by atoms with van der Waals surface area (Å²) in [6.45, 7) is 3.55. The van der Waals surface area contributed by atoms with Gasteiger partial charge in [0.2, 0.25) is 5.91 Å². The first-order valence-electron chi connectivity index (χ1n) is 8.56. The fraction of sp³-hybridized carbons (Fsp3) is 0.250. The summed E-state index contributed by atoms with van der Waals surface area (Å²) in [6.07, 6.45) is 0. The molecule has 7 heteroatoms. The van der Waals surface area contributed by atoms with E-state index in [1.807, 2.05) is 0 Å². The quantitative estimate of drug-likeness (QED) is 0.649. The minimum absolute atomic E-state index is 0.180. The molecule has 6 nitrogen and oxygen atoms in total. The first-order chi connectivity index (χ1) is 12.9. The number of carbonyl (C=O) groups is 3. The molecular formula is C20H22FN3O3. The van der Waals surface area contributed by atoms with E-state index in [1.165, 1.54) is 18.2 Å². The Morgan fingerprint density at radius 2 is 1.59 bits per heavy atom. The number of benzene rings is 2. The summed E-state index contributed by atoms with van der Waals surface area (Å²) in [7, 11) is 0. The van der Waals surface area contributed by atoms with Crippen molar-refractivity contribution in [3.05, 3.63) is 71.0 Å². The van der Waals surface area contributed by atoms with Crippen molar-refractivity contribution in [2.24, 2.45) is 0 Å². The molecule has 0 heterocycles. The van der Waals surface area contributed by atoms with Gasteiger partial charge in [-0.3, -0.25) is 14.4 Å². The molecule has 0 radical (unpaired) electrons. The van der Waals surface area contributed by atoms with Crippen LogP contribution in [0.3, 0.4) is 0 Å². The van der Waals surface area contributed by atoms with Gasteiger partial charge in [0.1, 0.15) is 11.9 Å². The molecule has 2 aromatic carbocycles. The van der Waals surface area contributed by atoms with Crippen LogP contribution in [0.25, 0.3) is 0 Å². The zero-order valence-electron chi connectivity index (χ0n) is 15.2. The summed E-state index contributed by atoms with van der Waals surface area (Å²) >= 11 is 0. The van der Waals surface area contributed by atoms with Crippen LogP contribution in [0.1, 0.15) is 33.2 Å². The van der Waals surface area contributed by atoms with Crippen molar-refractivity contribution in [1.82, 2.24) is 16.0 Å². The summed E-state index contributed by atoms with van der Waals surface area (Å²) in [5.41, 5.74) is 1.15. The molecule has 0 aliphatic carbocycles. The molecule has 142 valence electrons. The van der Waals surface area contributed by atoms with Crippen LogP contribution in [0.15, 0.2) is 48.5 Å². The van der Waals surface area contributed by atoms with Gasteiger partial charge in [-0.1, -0.05) is 24.3 Å². The normalized spacial score (nSPS) is 11.4. The Balaban J connectivity index is 1.72. The van der Waals surface area contributed by atoms with Gasteiger partial charge in [0, 0.05) is 24.2 Å². The Morgan fingerprint density at radius 1 is 0.926 bits per heavy atom. The molecule has 0 saturated carbocycles. The lowest BCUT2D eigenvalue weighted by Crippen LogP contribution is -2.46. The van der Waals surface area contributed by atoms with E-state index in [1.54, 1.807) is 44.2 Å². The maximum Gasteiger partial charge on any atom is 0.251 e. The largest absolute Gasteiger partial charge is 0.353 e. The van der Waals surface area contributed by atoms with Crippen molar-refractivity contribution < 1.29 is 18.8 Å². The van der Waals surface area contributed by atoms with E-state index in [2.05, 4.69) is 16.0 Å². The first-order valence-corrected chi connectivity index (χ1v) is 8.56. The van der Waals surface area contributed by atoms with Gasteiger partial charge in [-0.05, 0) is 43.7 Å². The highest BCUT2D eigenvalue weighted by molar-refractivity contribution is 5.97. The van der Waals surface area contributed by atoms with Crippen LogP contribution >= 0.6 is 0 Å². The fourth-order valence-corrected chi connectivity index (χ4v) is 2.29. The lowest BCUT2D eigenvalue weighted by Gasteiger charge is -2.14. The monoisotopic (exact) mass is 371 g/mol. The number of nitrogens with one attached hydrogen (secondary N) is 3. The van der Waals surface area contributed by atoms with E-state index >= 15 is 0 Å². The fourth-order valence-electron chi connectivity index (χ4n) is 2.29. The molecule has 2 rings (SSSR count). The zero-order chi connectivity index (χ0) is 19.8. The zero-order valence-corrected chi connectivity index (χ0v) is 15.2. The summed E-state index contributed by atoms with van der Waals surface area (Å²) in [4.78, 5) is 36.0. The standard InChI is InChI=1S/C20H22FN3O3/c1-13-8-9-16(12-17(13)21)19(26)23-11-10-22-18(25)14(2)24-20(27)15-6-4-3-5-7-15/h3-9,12,14H,10-11H2,1-2H3,(H,22,25)(H,23,26)(H,24,27). The van der Waals surface area contributed by atoms with Crippen molar-refractivity contribution in [2.75, 3.05) is 13.1 Å². The van der Waals surface area contributed by atoms with Gasteiger partial charge in [0.05, 0.1) is 0 Å². The third-order valence-corrected chi connectivity index (χ3v) is 3.92. The van der Waals surface area contributed by atoms with Gasteiger partial charge in [-0.15, -0.1) is 0 Å². The van der Waals surface area contributed by atoms with Gasteiger partial charge in [-0.25, -0.2) is 4.39 Å². The van der Waals surface area contributed by atoms with Crippen LogP contribution in [-0.4, -0.2) is 36.9 Å². The Morgan fingerprint density at radius 3 is 2.26 bits per heavy atom. The van der Waals surface area contributed by atoms with Crippen LogP contribution in [0.4, 0.5) is 4.39 Å². The molecule has 0 aromatic heterocycles. The summed E-state index contributed by atoms with van der Waals surface area (Å²) in [6, 6.07) is 12.1. The molecule has 0 fully saturated rings. The highest BCUT2D eigenvalue weighted by atomic mass is 19.1. The number of amides is 3. The summed E-state index contributed by atoms with van der Waals surface area (Å²) in [5, 5.41) is 7.83. The van der Waals surface area contributed by atoms with Crippen molar-refractivity contribution >= 4 is 17.7 Å². The number of carbonyl (C=O) groups excluding carboxylic acids is 3. The van der Waals surface area contributed by atoms with Gasteiger partial charge >= 0.3 is 0 Å². The second kappa shape index (κ2) is 9.47. The van der Waals surface area contributed by atoms with Crippen LogP contribution in [0.2, 0.25) is 0 Å². The molecule has 3 N–H and O–H groups in total. The maximum atomic E-state index is 13.5. The van der Waals surface area contributed by atoms with E-state index in [0.29, 0.717) is 11.1 Å². The summed E-state index contributed by atoms with van der Waals surface area (Å²) < 4.78 is 13.5. The number of halogens is 1. The molecular weight excluding hydrogens is 349 g/mol. The molecule has 27 heavy (non-hydrogen) atoms. The molecule has 0 saturated heterocycles. The molecule has 1 unspecified atom stereocenters. The predicted octanol–water partition coefficient (Wildman–Crippen LogP) is 1.80. The van der Waals surface area contributed by atoms with Crippen LogP contribution in [0, 0.1) is 12.7 Å². The predicted molar refractivity (Wildman–Crippen MR) is 99.9 cm³/mol. The summed E-state index contributed by atoms with van der Waals surface area (Å²) in [5.74, 6) is -1.57. The average molecular weight is 371 g/mol. The SMILES string of the molecule is Cc1ccc(C(=O)NCCNC(=O)C(C)NC(=O)c2ccccc2)cc1F. The highest BCUT2D eigenvalue weighted by Crippen LogP contribution is 2.08. The lowest BCUT2D eigenvalue weighted by molar-refractivity contribution is -0.122. The minimum atomic E-state index is -0.723. The number of rotatable bonds is 7. The first kappa shape index (κ1) is 20.1. The van der Waals surface area contributed by atoms with Crippen molar-refractivity contribution in [2.45, 2.75) is 19.9 Å². The third-order valence-electron chi connectivity index (χ3n) is 3.92. The Bertz CT molecular complexity index is 824. The maximum absolute atomic E-state index is 13.5. The minimum Gasteiger partial charge on any atom is -0.353 e. The number of hydrogen-bond acceptors (Lipinski definition) is 3. The van der Waals surface area contributed by atoms with Crippen LogP contribution < -0.4 is 16.0 Å². The topological polar surface area (TPSA) is 87.3 Å². The molecule has 0 bridgehead atoms. The molecule has 0 aliphatic rings. The van der Waals surface area contributed by atoms with Gasteiger partial charge in [-0.2, -0.15) is 0 Å². The number of hydrogen-bond donors (Lipinski definition) is 3. The smallest absolute Gasteiger partial charge is 0.251 e. The van der Waals surface area contributed by atoms with Crippen molar-refractivity contribution in [3.8, 4) is 0 Å². The Kier molecular flexibility index (Phi) is 7.05. The van der Waals surface area contributed by atoms with E-state index in [0.717, 1.165) is 0 Å². The lowest BCUT2D eigenvalue weighted by atomic mass is 10.1. The second-order valence-electron chi connectivity index (χ2n) is 6.07. The molecule has 0 spiro atoms. The van der Waals surface area contributed by atoms with Gasteiger partial charge < -0.3 is 16.0 Å². The molecule has 3 amide bonds. The van der Waals surface area contributed by atoms with E-state index in [9.17, 15) is 18.8 Å². The molecule has 0 aliphatic heterocycles.